The summed E-state index contributed by atoms with van der Waals surface area (Å²) < 4.78 is 14.8. The molecule has 0 saturated carbocycles. The maximum absolute atomic E-state index is 11.4. The molecule has 7 nitrogen and oxygen atoms in total. The number of halogens is 1. The van der Waals surface area contributed by atoms with E-state index in [2.05, 4.69) is 20.3 Å². The summed E-state index contributed by atoms with van der Waals surface area (Å²) in [7, 11) is 0. The Balaban J connectivity index is 2.66. The van der Waals surface area contributed by atoms with Gasteiger partial charge >= 0.3 is 11.6 Å². The van der Waals surface area contributed by atoms with Crippen LogP contribution in [0, 0.1) is 0 Å². The van der Waals surface area contributed by atoms with E-state index < -0.39 is 17.4 Å². The molecule has 0 saturated heterocycles. The molecule has 1 aromatic heterocycles. The van der Waals surface area contributed by atoms with E-state index in [1.807, 2.05) is 0 Å². The molecule has 0 spiro atoms. The van der Waals surface area contributed by atoms with Crippen molar-refractivity contribution in [3.8, 4) is 5.75 Å². The monoisotopic (exact) mass is 322 g/mol. The minimum absolute atomic E-state index is 0.0791. The lowest BCUT2D eigenvalue weighted by Crippen LogP contribution is -2.15. The molecule has 18 heavy (non-hydrogen) atoms. The predicted molar refractivity (Wildman–Crippen MR) is 63.0 cm³/mol. The number of aliphatic hydroxyl groups excluding tert-OH is 1. The van der Waals surface area contributed by atoms with E-state index in [9.17, 15) is 9.59 Å². The third-order valence-electron chi connectivity index (χ3n) is 1.78. The Labute approximate surface area is 110 Å². The third kappa shape index (κ3) is 4.13. The van der Waals surface area contributed by atoms with Gasteiger partial charge in [-0.2, -0.15) is 0 Å². The Kier molecular flexibility index (Phi) is 5.83. The number of carboxylic acids is 1. The van der Waals surface area contributed by atoms with Crippen molar-refractivity contribution in [1.29, 1.82) is 0 Å². The predicted octanol–water partition coefficient (Wildman–Crippen LogP) is 0.488. The highest BCUT2D eigenvalue weighted by Crippen LogP contribution is 2.21. The molecule has 8 heteroatoms. The van der Waals surface area contributed by atoms with Gasteiger partial charge in [0.2, 0.25) is 11.5 Å². The van der Waals surface area contributed by atoms with E-state index in [1.54, 1.807) is 0 Å². The van der Waals surface area contributed by atoms with Gasteiger partial charge in [0, 0.05) is 6.07 Å². The lowest BCUT2D eigenvalue weighted by atomic mass is 10.4. The number of aromatic carboxylic acids is 1. The van der Waals surface area contributed by atoms with Crippen molar-refractivity contribution in [2.45, 2.75) is 0 Å². The van der Waals surface area contributed by atoms with Crippen molar-refractivity contribution in [1.82, 2.24) is 0 Å². The maximum atomic E-state index is 11.4. The minimum atomic E-state index is -1.34. The number of hydrogen-bond acceptors (Lipinski definition) is 6. The second-order valence-electron chi connectivity index (χ2n) is 3.06. The number of aliphatic hydroxyl groups is 1. The molecule has 0 fully saturated rings. The molecule has 2 N–H and O–H groups in total. The van der Waals surface area contributed by atoms with Crippen molar-refractivity contribution in [3.05, 3.63) is 26.7 Å². The largest absolute Gasteiger partial charge is 0.483 e. The minimum Gasteiger partial charge on any atom is -0.483 e. The van der Waals surface area contributed by atoms with Crippen LogP contribution in [0.25, 0.3) is 0 Å². The molecule has 0 aliphatic heterocycles. The molecule has 0 aromatic carbocycles. The summed E-state index contributed by atoms with van der Waals surface area (Å²) in [4.78, 5) is 22.0. The first-order valence-electron chi connectivity index (χ1n) is 4.94. The van der Waals surface area contributed by atoms with Crippen LogP contribution < -0.4 is 10.4 Å². The van der Waals surface area contributed by atoms with Crippen molar-refractivity contribution in [2.75, 3.05) is 26.4 Å². The summed E-state index contributed by atoms with van der Waals surface area (Å²) in [6.45, 7) is 0.346. The van der Waals surface area contributed by atoms with E-state index in [0.29, 0.717) is 0 Å². The zero-order chi connectivity index (χ0) is 13.5. The van der Waals surface area contributed by atoms with Gasteiger partial charge in [0.15, 0.2) is 0 Å². The average molecular weight is 323 g/mol. The summed E-state index contributed by atoms with van der Waals surface area (Å²) in [5.74, 6) is -1.94. The molecule has 0 atom stereocenters. The molecular formula is C10H11BrO7. The van der Waals surface area contributed by atoms with Crippen LogP contribution in [0.3, 0.4) is 0 Å². The number of ether oxygens (including phenoxy) is 2. The lowest BCUT2D eigenvalue weighted by molar-refractivity contribution is 0.0645. The van der Waals surface area contributed by atoms with Crippen LogP contribution >= 0.6 is 15.9 Å². The third-order valence-corrected chi connectivity index (χ3v) is 2.37. The number of carboxylic acid groups (broad SMARTS) is 1. The summed E-state index contributed by atoms with van der Waals surface area (Å²) >= 11 is 3.02. The molecule has 0 bridgehead atoms. The van der Waals surface area contributed by atoms with Crippen molar-refractivity contribution >= 4 is 21.9 Å². The van der Waals surface area contributed by atoms with Gasteiger partial charge in [0.25, 0.3) is 0 Å². The molecular weight excluding hydrogens is 312 g/mol. The molecule has 0 aliphatic rings. The van der Waals surface area contributed by atoms with Gasteiger partial charge in [-0.05, 0) is 15.9 Å². The molecule has 1 heterocycles. The first kappa shape index (κ1) is 14.7. The Hall–Kier alpha value is -1.38. The quantitative estimate of drug-likeness (QED) is 0.703. The van der Waals surface area contributed by atoms with Gasteiger partial charge in [0.05, 0.1) is 24.3 Å². The number of carbonyl (C=O) groups is 1. The highest BCUT2D eigenvalue weighted by Gasteiger charge is 2.15. The topological polar surface area (TPSA) is 106 Å². The molecule has 0 amide bonds. The fourth-order valence-corrected chi connectivity index (χ4v) is 1.54. The second-order valence-corrected chi connectivity index (χ2v) is 3.92. The fraction of sp³-hybridized carbons (Fsp3) is 0.400. The van der Waals surface area contributed by atoms with E-state index in [-0.39, 0.29) is 36.6 Å². The summed E-state index contributed by atoms with van der Waals surface area (Å²) in [5, 5.41) is 17.1. The van der Waals surface area contributed by atoms with E-state index in [0.717, 1.165) is 6.07 Å². The fourth-order valence-electron chi connectivity index (χ4n) is 1.06. The maximum Gasteiger partial charge on any atom is 0.380 e. The van der Waals surface area contributed by atoms with Crippen LogP contribution in [0.4, 0.5) is 0 Å². The van der Waals surface area contributed by atoms with Gasteiger partial charge in [-0.1, -0.05) is 0 Å². The smallest absolute Gasteiger partial charge is 0.380 e. The van der Waals surface area contributed by atoms with Gasteiger partial charge in [-0.3, -0.25) is 0 Å². The van der Waals surface area contributed by atoms with Gasteiger partial charge in [0.1, 0.15) is 6.61 Å². The second kappa shape index (κ2) is 7.14. The van der Waals surface area contributed by atoms with Crippen LogP contribution in [0.1, 0.15) is 10.6 Å². The highest BCUT2D eigenvalue weighted by atomic mass is 79.9. The van der Waals surface area contributed by atoms with Crippen LogP contribution in [0.5, 0.6) is 5.75 Å². The average Bonchev–Trinajstić information content (AvgIpc) is 2.31. The van der Waals surface area contributed by atoms with Crippen molar-refractivity contribution < 1.29 is 28.9 Å². The van der Waals surface area contributed by atoms with Gasteiger partial charge in [-0.25, -0.2) is 9.59 Å². The van der Waals surface area contributed by atoms with Gasteiger partial charge < -0.3 is 24.1 Å². The van der Waals surface area contributed by atoms with Gasteiger partial charge in [-0.15, -0.1) is 0 Å². The Morgan fingerprint density at radius 2 is 2.11 bits per heavy atom. The first-order valence-corrected chi connectivity index (χ1v) is 5.74. The summed E-state index contributed by atoms with van der Waals surface area (Å²) in [6.07, 6.45) is 0. The van der Waals surface area contributed by atoms with Crippen LogP contribution in [-0.2, 0) is 4.74 Å². The molecule has 100 valence electrons. The summed E-state index contributed by atoms with van der Waals surface area (Å²) in [6, 6.07) is 1.13. The highest BCUT2D eigenvalue weighted by molar-refractivity contribution is 9.10. The van der Waals surface area contributed by atoms with Crippen LogP contribution in [-0.4, -0.2) is 42.6 Å². The molecule has 0 radical (unpaired) electrons. The van der Waals surface area contributed by atoms with Crippen molar-refractivity contribution in [2.24, 2.45) is 0 Å². The standard InChI is InChI=1S/C10H11BrO7/c11-6-5-7(9(13)14)18-10(15)8(6)17-4-3-16-2-1-12/h5,12H,1-4H2,(H,13,14). The zero-order valence-electron chi connectivity index (χ0n) is 9.22. The van der Waals surface area contributed by atoms with E-state index in [4.69, 9.17) is 19.7 Å². The molecule has 0 aliphatic carbocycles. The Morgan fingerprint density at radius 1 is 1.39 bits per heavy atom. The van der Waals surface area contributed by atoms with E-state index in [1.165, 1.54) is 0 Å². The van der Waals surface area contributed by atoms with E-state index >= 15 is 0 Å². The molecule has 0 unspecified atom stereocenters. The Morgan fingerprint density at radius 3 is 2.67 bits per heavy atom. The summed E-state index contributed by atoms with van der Waals surface area (Å²) in [5.41, 5.74) is -0.885. The zero-order valence-corrected chi connectivity index (χ0v) is 10.8. The lowest BCUT2D eigenvalue weighted by Gasteiger charge is -2.07. The van der Waals surface area contributed by atoms with Crippen LogP contribution in [0.2, 0.25) is 0 Å². The normalized spacial score (nSPS) is 10.3. The molecule has 1 aromatic rings. The SMILES string of the molecule is O=C(O)c1cc(Br)c(OCCOCCO)c(=O)o1. The first-order chi connectivity index (χ1) is 8.56. The number of hydrogen-bond donors (Lipinski definition) is 2. The number of rotatable bonds is 7. The van der Waals surface area contributed by atoms with Crippen LogP contribution in [0.15, 0.2) is 19.8 Å². The van der Waals surface area contributed by atoms with Crippen molar-refractivity contribution in [3.63, 3.8) is 0 Å². The Bertz CT molecular complexity index is 468. The molecule has 1 rings (SSSR count).